The Hall–Kier alpha value is -2.15. The third-order valence-electron chi connectivity index (χ3n) is 6.50. The zero-order valence-corrected chi connectivity index (χ0v) is 16.1. The second kappa shape index (κ2) is 6.97. The third-order valence-corrected chi connectivity index (χ3v) is 6.50. The molecule has 154 valence electrons. The van der Waals surface area contributed by atoms with Crippen LogP contribution in [0.2, 0.25) is 0 Å². The van der Waals surface area contributed by atoms with Gasteiger partial charge in [0.1, 0.15) is 5.69 Å². The summed E-state index contributed by atoms with van der Waals surface area (Å²) >= 11 is 0. The minimum Gasteiger partial charge on any atom is -0.373 e. The van der Waals surface area contributed by atoms with Crippen LogP contribution in [0.1, 0.15) is 43.0 Å². The maximum absolute atomic E-state index is 12.7. The van der Waals surface area contributed by atoms with Crippen molar-refractivity contribution >= 4 is 5.69 Å². The molecule has 7 heteroatoms. The van der Waals surface area contributed by atoms with Crippen molar-refractivity contribution in [3.63, 3.8) is 0 Å². The van der Waals surface area contributed by atoms with Crippen LogP contribution in [-0.4, -0.2) is 29.7 Å². The highest BCUT2D eigenvalue weighted by molar-refractivity contribution is 5.49. The highest BCUT2D eigenvalue weighted by Gasteiger charge is 2.54. The van der Waals surface area contributed by atoms with Gasteiger partial charge in [-0.2, -0.15) is 13.2 Å². The molecule has 1 saturated heterocycles. The number of nitrogens with zero attached hydrogens (tertiary/aromatic N) is 3. The van der Waals surface area contributed by atoms with Crippen LogP contribution >= 0.6 is 0 Å². The van der Waals surface area contributed by atoms with E-state index < -0.39 is 11.9 Å². The molecule has 1 aliphatic heterocycles. The minimum atomic E-state index is -4.39. The molecule has 0 N–H and O–H groups in total. The van der Waals surface area contributed by atoms with Crippen LogP contribution < -0.4 is 4.90 Å². The average molecular weight is 403 g/mol. The van der Waals surface area contributed by atoms with Gasteiger partial charge in [-0.15, -0.1) is 0 Å². The molecule has 2 aromatic rings. The van der Waals surface area contributed by atoms with E-state index in [1.165, 1.54) is 25.1 Å². The summed E-state index contributed by atoms with van der Waals surface area (Å²) < 4.78 is 44.4. The van der Waals surface area contributed by atoms with Gasteiger partial charge in [0.2, 0.25) is 0 Å². The van der Waals surface area contributed by atoms with Crippen molar-refractivity contribution < 1.29 is 17.9 Å². The van der Waals surface area contributed by atoms with Gasteiger partial charge in [0.25, 0.3) is 0 Å². The lowest BCUT2D eigenvalue weighted by molar-refractivity contribution is -0.141. The number of alkyl halides is 3. The van der Waals surface area contributed by atoms with Crippen molar-refractivity contribution in [3.05, 3.63) is 54.1 Å². The van der Waals surface area contributed by atoms with Gasteiger partial charge >= 0.3 is 6.18 Å². The summed E-state index contributed by atoms with van der Waals surface area (Å²) in [5.41, 5.74) is 1.33. The summed E-state index contributed by atoms with van der Waals surface area (Å²) in [5, 5.41) is 0. The summed E-state index contributed by atoms with van der Waals surface area (Å²) in [7, 11) is 0. The molecule has 2 saturated carbocycles. The average Bonchev–Trinajstić information content (AvgIpc) is 3.46. The summed E-state index contributed by atoms with van der Waals surface area (Å²) in [6.45, 7) is 2.57. The van der Waals surface area contributed by atoms with Crippen LogP contribution in [-0.2, 0) is 10.9 Å². The molecule has 3 heterocycles. The highest BCUT2D eigenvalue weighted by Crippen LogP contribution is 2.57. The summed E-state index contributed by atoms with van der Waals surface area (Å²) in [4.78, 5) is 9.96. The Morgan fingerprint density at radius 2 is 1.93 bits per heavy atom. The predicted molar refractivity (Wildman–Crippen MR) is 102 cm³/mol. The first-order valence-corrected chi connectivity index (χ1v) is 10.2. The van der Waals surface area contributed by atoms with Gasteiger partial charge in [0.15, 0.2) is 0 Å². The normalized spacial score (nSPS) is 22.2. The number of hydrogen-bond acceptors (Lipinski definition) is 4. The summed E-state index contributed by atoms with van der Waals surface area (Å²) in [5.74, 6) is 1.19. The molecule has 3 aliphatic rings. The number of hydrogen-bond donors (Lipinski definition) is 0. The number of rotatable bonds is 6. The molecule has 0 bridgehead atoms. The standard InChI is InChI=1S/C22H24F3N3O/c23-22(24,25)19-6-5-18(11-27-19)28-13-21(14-28)8-17(9-21)20(29-12-15-3-4-15)16-2-1-7-26-10-16/h1-2,5-7,10-11,15,17,20H,3-4,8-9,12-14H2. The van der Waals surface area contributed by atoms with E-state index in [-0.39, 0.29) is 11.5 Å². The maximum atomic E-state index is 12.7. The predicted octanol–water partition coefficient (Wildman–Crippen LogP) is 4.88. The Labute approximate surface area is 168 Å². The molecule has 1 atom stereocenters. The Balaban J connectivity index is 1.19. The summed E-state index contributed by atoms with van der Waals surface area (Å²) in [6.07, 6.45) is 5.44. The van der Waals surface area contributed by atoms with Gasteiger partial charge < -0.3 is 9.64 Å². The fraction of sp³-hybridized carbons (Fsp3) is 0.545. The molecule has 0 amide bonds. The van der Waals surface area contributed by atoms with Gasteiger partial charge in [-0.3, -0.25) is 4.98 Å². The van der Waals surface area contributed by atoms with Crippen LogP contribution in [0.25, 0.3) is 0 Å². The van der Waals surface area contributed by atoms with Crippen LogP contribution in [0.5, 0.6) is 0 Å². The fourth-order valence-corrected chi connectivity index (χ4v) is 4.78. The van der Waals surface area contributed by atoms with Gasteiger partial charge in [0.05, 0.1) is 24.6 Å². The topological polar surface area (TPSA) is 38.2 Å². The largest absolute Gasteiger partial charge is 0.433 e. The molecule has 5 rings (SSSR count). The quantitative estimate of drug-likeness (QED) is 0.689. The van der Waals surface area contributed by atoms with E-state index in [4.69, 9.17) is 4.74 Å². The molecule has 0 radical (unpaired) electrons. The Morgan fingerprint density at radius 3 is 2.52 bits per heavy atom. The van der Waals surface area contributed by atoms with Gasteiger partial charge in [-0.25, -0.2) is 4.98 Å². The van der Waals surface area contributed by atoms with E-state index in [0.717, 1.165) is 55.8 Å². The highest BCUT2D eigenvalue weighted by atomic mass is 19.4. The molecular formula is C22H24F3N3O. The number of halogens is 3. The lowest BCUT2D eigenvalue weighted by atomic mass is 9.55. The van der Waals surface area contributed by atoms with Crippen molar-refractivity contribution in [2.24, 2.45) is 17.3 Å². The number of anilines is 1. The minimum absolute atomic E-state index is 0.0942. The fourth-order valence-electron chi connectivity index (χ4n) is 4.78. The molecule has 0 aromatic carbocycles. The zero-order valence-electron chi connectivity index (χ0n) is 16.1. The zero-order chi connectivity index (χ0) is 20.1. The van der Waals surface area contributed by atoms with E-state index in [1.54, 1.807) is 6.20 Å². The van der Waals surface area contributed by atoms with Crippen molar-refractivity contribution in [1.82, 2.24) is 9.97 Å². The van der Waals surface area contributed by atoms with Crippen molar-refractivity contribution in [2.45, 2.75) is 38.0 Å². The van der Waals surface area contributed by atoms with E-state index in [0.29, 0.717) is 5.92 Å². The lowest BCUT2D eigenvalue weighted by Gasteiger charge is -2.61. The first-order valence-electron chi connectivity index (χ1n) is 10.2. The van der Waals surface area contributed by atoms with Crippen LogP contribution in [0.15, 0.2) is 42.9 Å². The smallest absolute Gasteiger partial charge is 0.373 e. The van der Waals surface area contributed by atoms with Crippen molar-refractivity contribution in [2.75, 3.05) is 24.6 Å². The molecule has 2 aromatic heterocycles. The van der Waals surface area contributed by atoms with Gasteiger partial charge in [0, 0.05) is 30.9 Å². The van der Waals surface area contributed by atoms with Crippen LogP contribution in [0.3, 0.4) is 0 Å². The van der Waals surface area contributed by atoms with E-state index in [9.17, 15) is 13.2 Å². The third kappa shape index (κ3) is 3.84. The van der Waals surface area contributed by atoms with E-state index in [1.807, 2.05) is 12.3 Å². The Kier molecular flexibility index (Phi) is 4.53. The van der Waals surface area contributed by atoms with Gasteiger partial charge in [-0.1, -0.05) is 6.07 Å². The molecular weight excluding hydrogens is 379 g/mol. The monoisotopic (exact) mass is 403 g/mol. The first kappa shape index (κ1) is 18.9. The molecule has 2 aliphatic carbocycles. The second-order valence-electron chi connectivity index (χ2n) is 8.91. The van der Waals surface area contributed by atoms with Crippen LogP contribution in [0.4, 0.5) is 18.9 Å². The molecule has 1 unspecified atom stereocenters. The molecule has 3 fully saturated rings. The lowest BCUT2D eigenvalue weighted by Crippen LogP contribution is -2.63. The summed E-state index contributed by atoms with van der Waals surface area (Å²) in [6, 6.07) is 6.64. The SMILES string of the molecule is FC(F)(F)c1ccc(N2CC3(CC(C(OCC4CC4)c4cccnc4)C3)C2)cn1. The molecule has 1 spiro atoms. The number of aromatic nitrogens is 2. The molecule has 4 nitrogen and oxygen atoms in total. The number of ether oxygens (including phenoxy) is 1. The first-order chi connectivity index (χ1) is 13.9. The van der Waals surface area contributed by atoms with Crippen molar-refractivity contribution in [1.29, 1.82) is 0 Å². The molecule has 29 heavy (non-hydrogen) atoms. The number of pyridine rings is 2. The van der Waals surface area contributed by atoms with Gasteiger partial charge in [-0.05, 0) is 61.3 Å². The second-order valence-corrected chi connectivity index (χ2v) is 8.91. The Morgan fingerprint density at radius 1 is 1.14 bits per heavy atom. The van der Waals surface area contributed by atoms with E-state index >= 15 is 0 Å². The van der Waals surface area contributed by atoms with E-state index in [2.05, 4.69) is 20.9 Å². The maximum Gasteiger partial charge on any atom is 0.433 e. The van der Waals surface area contributed by atoms with Crippen molar-refractivity contribution in [3.8, 4) is 0 Å². The Bertz CT molecular complexity index is 838. The van der Waals surface area contributed by atoms with Crippen LogP contribution in [0, 0.1) is 17.3 Å².